The lowest BCUT2D eigenvalue weighted by molar-refractivity contribution is 0.0697. The molecule has 0 radical (unpaired) electrons. The lowest BCUT2D eigenvalue weighted by atomic mass is 9.88. The van der Waals surface area contributed by atoms with Crippen LogP contribution >= 0.6 is 0 Å². The number of hydrogen-bond donors (Lipinski definition) is 3. The number of amides is 1. The van der Waals surface area contributed by atoms with Gasteiger partial charge in [-0.3, -0.25) is 4.79 Å². The number of nitrogens with zero attached hydrogens (tertiary/aromatic N) is 1. The van der Waals surface area contributed by atoms with Crippen molar-refractivity contribution in [2.75, 3.05) is 26.2 Å². The number of ether oxygens (including phenoxy) is 1. The maximum Gasteiger partial charge on any atom is 0.336 e. The van der Waals surface area contributed by atoms with Gasteiger partial charge in [-0.15, -0.1) is 0 Å². The van der Waals surface area contributed by atoms with Crippen molar-refractivity contribution in [1.82, 2.24) is 4.90 Å². The molecule has 7 nitrogen and oxygen atoms in total. The smallest absolute Gasteiger partial charge is 0.336 e. The van der Waals surface area contributed by atoms with Gasteiger partial charge < -0.3 is 25.6 Å². The number of carboxylic acids is 1. The average Bonchev–Trinajstić information content (AvgIpc) is 2.86. The Labute approximate surface area is 205 Å². The molecule has 35 heavy (non-hydrogen) atoms. The van der Waals surface area contributed by atoms with Crippen LogP contribution in [0.1, 0.15) is 65.0 Å². The summed E-state index contributed by atoms with van der Waals surface area (Å²) in [6.07, 6.45) is 3.89. The van der Waals surface area contributed by atoms with Crippen molar-refractivity contribution in [3.05, 3.63) is 65.2 Å². The molecule has 3 aromatic carbocycles. The molecule has 1 fully saturated rings. The van der Waals surface area contributed by atoms with Crippen LogP contribution < -0.4 is 10.5 Å². The van der Waals surface area contributed by atoms with Gasteiger partial charge in [-0.05, 0) is 91.5 Å². The molecule has 1 saturated heterocycles. The van der Waals surface area contributed by atoms with Gasteiger partial charge in [-0.1, -0.05) is 24.6 Å². The zero-order valence-corrected chi connectivity index (χ0v) is 20.0. The van der Waals surface area contributed by atoms with E-state index in [-0.39, 0.29) is 11.1 Å². The molecule has 1 unspecified atom stereocenters. The monoisotopic (exact) mass is 476 g/mol. The van der Waals surface area contributed by atoms with E-state index < -0.39 is 18.0 Å². The fourth-order valence-corrected chi connectivity index (χ4v) is 4.82. The first kappa shape index (κ1) is 24.7. The highest BCUT2D eigenvalue weighted by atomic mass is 16.5. The van der Waals surface area contributed by atoms with Crippen molar-refractivity contribution < 1.29 is 24.5 Å². The Kier molecular flexibility index (Phi) is 7.68. The number of fused-ring (bicyclic) bond motifs is 1. The standard InChI is InChI=1S/C28H32N2O5/c1-18(31)25-17-20(27(29)32)7-9-23(25)26-22-11-8-21(16-19(22)6-10-24(26)28(33)34)35-15-5-14-30-12-3-2-4-13-30/h6-11,16-18,31H,2-5,12-15H2,1H3,(H2,29,32)(H,33,34). The molecule has 7 heteroatoms. The maximum absolute atomic E-state index is 12.1. The number of carbonyl (C=O) groups excluding carboxylic acids is 1. The fraction of sp³-hybridized carbons (Fsp3) is 0.357. The minimum absolute atomic E-state index is 0.112. The first-order valence-corrected chi connectivity index (χ1v) is 12.1. The van der Waals surface area contributed by atoms with Gasteiger partial charge in [0.25, 0.3) is 0 Å². The number of piperidine rings is 1. The lowest BCUT2D eigenvalue weighted by Crippen LogP contribution is -2.31. The fourth-order valence-electron chi connectivity index (χ4n) is 4.82. The third-order valence-electron chi connectivity index (χ3n) is 6.61. The molecule has 1 atom stereocenters. The molecule has 0 spiro atoms. The minimum atomic E-state index is -1.07. The molecule has 0 aliphatic carbocycles. The van der Waals surface area contributed by atoms with Gasteiger partial charge in [0.15, 0.2) is 0 Å². The molecule has 3 aromatic rings. The highest BCUT2D eigenvalue weighted by Gasteiger charge is 2.21. The number of nitrogens with two attached hydrogens (primary N) is 1. The van der Waals surface area contributed by atoms with E-state index in [0.717, 1.165) is 29.5 Å². The van der Waals surface area contributed by atoms with Crippen LogP contribution in [0.25, 0.3) is 21.9 Å². The third-order valence-corrected chi connectivity index (χ3v) is 6.61. The van der Waals surface area contributed by atoms with Crippen molar-refractivity contribution in [2.45, 2.75) is 38.7 Å². The van der Waals surface area contributed by atoms with Gasteiger partial charge in [-0.25, -0.2) is 4.79 Å². The van der Waals surface area contributed by atoms with Crippen LogP contribution in [0.5, 0.6) is 5.75 Å². The molecular formula is C28H32N2O5. The first-order chi connectivity index (χ1) is 16.8. The van der Waals surface area contributed by atoms with Crippen molar-refractivity contribution >= 4 is 22.6 Å². The van der Waals surface area contributed by atoms with Crippen LogP contribution in [-0.2, 0) is 0 Å². The van der Waals surface area contributed by atoms with Crippen LogP contribution in [0.3, 0.4) is 0 Å². The first-order valence-electron chi connectivity index (χ1n) is 12.1. The second-order valence-electron chi connectivity index (χ2n) is 9.12. The number of aliphatic hydroxyl groups is 1. The number of aromatic carboxylic acids is 1. The maximum atomic E-state index is 12.1. The van der Waals surface area contributed by atoms with Crippen molar-refractivity contribution in [2.24, 2.45) is 5.73 Å². The zero-order valence-electron chi connectivity index (χ0n) is 20.0. The molecule has 0 saturated carbocycles. The Balaban J connectivity index is 1.65. The number of likely N-dealkylation sites (tertiary alicyclic amines) is 1. The number of rotatable bonds is 9. The van der Waals surface area contributed by atoms with E-state index in [1.165, 1.54) is 38.4 Å². The molecular weight excluding hydrogens is 444 g/mol. The van der Waals surface area contributed by atoms with E-state index in [0.29, 0.717) is 23.3 Å². The summed E-state index contributed by atoms with van der Waals surface area (Å²) in [6.45, 7) is 5.55. The molecule has 1 heterocycles. The Morgan fingerprint density at radius 3 is 2.51 bits per heavy atom. The van der Waals surface area contributed by atoms with E-state index in [2.05, 4.69) is 4.90 Å². The molecule has 1 amide bonds. The molecule has 4 N–H and O–H groups in total. The zero-order chi connectivity index (χ0) is 24.9. The van der Waals surface area contributed by atoms with Gasteiger partial charge in [0, 0.05) is 17.7 Å². The Morgan fingerprint density at radius 2 is 1.83 bits per heavy atom. The number of primary amides is 1. The Hall–Kier alpha value is -3.42. The SMILES string of the molecule is CC(O)c1cc(C(N)=O)ccc1-c1c(C(=O)O)ccc2cc(OCCCN3CCCCC3)ccc12. The van der Waals surface area contributed by atoms with Crippen LogP contribution in [0, 0.1) is 0 Å². The third kappa shape index (κ3) is 5.63. The second-order valence-corrected chi connectivity index (χ2v) is 9.12. The predicted octanol–water partition coefficient (Wildman–Crippen LogP) is 4.61. The minimum Gasteiger partial charge on any atom is -0.494 e. The summed E-state index contributed by atoms with van der Waals surface area (Å²) in [7, 11) is 0. The Bertz CT molecular complexity index is 1230. The van der Waals surface area contributed by atoms with Crippen molar-refractivity contribution in [1.29, 1.82) is 0 Å². The Morgan fingerprint density at radius 1 is 1.06 bits per heavy atom. The number of hydrogen-bond acceptors (Lipinski definition) is 5. The summed E-state index contributed by atoms with van der Waals surface area (Å²) in [4.78, 5) is 26.3. The summed E-state index contributed by atoms with van der Waals surface area (Å²) in [5, 5.41) is 21.9. The summed E-state index contributed by atoms with van der Waals surface area (Å²) < 4.78 is 6.00. The molecule has 1 aliphatic rings. The number of aliphatic hydroxyl groups excluding tert-OH is 1. The van der Waals surface area contributed by atoms with E-state index in [1.807, 2.05) is 18.2 Å². The summed E-state index contributed by atoms with van der Waals surface area (Å²) in [5.41, 5.74) is 7.25. The highest BCUT2D eigenvalue weighted by Crippen LogP contribution is 2.38. The normalized spacial score (nSPS) is 15.1. The van der Waals surface area contributed by atoms with Crippen LogP contribution in [-0.4, -0.2) is 53.2 Å². The molecule has 1 aliphatic heterocycles. The molecule has 4 rings (SSSR count). The number of benzene rings is 3. The van der Waals surface area contributed by atoms with Gasteiger partial charge >= 0.3 is 5.97 Å². The van der Waals surface area contributed by atoms with E-state index in [1.54, 1.807) is 31.2 Å². The summed E-state index contributed by atoms with van der Waals surface area (Å²) in [6, 6.07) is 13.7. The molecule has 0 bridgehead atoms. The van der Waals surface area contributed by atoms with Crippen molar-refractivity contribution in [3.8, 4) is 16.9 Å². The number of carbonyl (C=O) groups is 2. The van der Waals surface area contributed by atoms with Gasteiger partial charge in [0.1, 0.15) is 5.75 Å². The van der Waals surface area contributed by atoms with Gasteiger partial charge in [0.2, 0.25) is 5.91 Å². The quantitative estimate of drug-likeness (QED) is 0.389. The topological polar surface area (TPSA) is 113 Å². The van der Waals surface area contributed by atoms with E-state index >= 15 is 0 Å². The lowest BCUT2D eigenvalue weighted by Gasteiger charge is -2.26. The predicted molar refractivity (Wildman–Crippen MR) is 136 cm³/mol. The van der Waals surface area contributed by atoms with Gasteiger partial charge in [-0.2, -0.15) is 0 Å². The largest absolute Gasteiger partial charge is 0.494 e. The van der Waals surface area contributed by atoms with E-state index in [9.17, 15) is 19.8 Å². The number of carboxylic acid groups (broad SMARTS) is 1. The average molecular weight is 477 g/mol. The van der Waals surface area contributed by atoms with Crippen molar-refractivity contribution in [3.63, 3.8) is 0 Å². The van der Waals surface area contributed by atoms with E-state index in [4.69, 9.17) is 10.5 Å². The summed E-state index contributed by atoms with van der Waals surface area (Å²) in [5.74, 6) is -0.961. The van der Waals surface area contributed by atoms with Gasteiger partial charge in [0.05, 0.1) is 18.3 Å². The van der Waals surface area contributed by atoms with Crippen LogP contribution in [0.4, 0.5) is 0 Å². The molecule has 0 aromatic heterocycles. The second kappa shape index (κ2) is 10.9. The van der Waals surface area contributed by atoms with Crippen LogP contribution in [0.15, 0.2) is 48.5 Å². The molecule has 184 valence electrons. The van der Waals surface area contributed by atoms with Crippen LogP contribution in [0.2, 0.25) is 0 Å². The highest BCUT2D eigenvalue weighted by molar-refractivity contribution is 6.08. The summed E-state index contributed by atoms with van der Waals surface area (Å²) >= 11 is 0.